The van der Waals surface area contributed by atoms with E-state index >= 15 is 0 Å². The van der Waals surface area contributed by atoms with Gasteiger partial charge in [0.2, 0.25) is 5.91 Å². The molecule has 3 rings (SSSR count). The molecule has 0 saturated carbocycles. The van der Waals surface area contributed by atoms with Crippen LogP contribution in [0.25, 0.3) is 10.9 Å². The number of fused-ring (bicyclic) bond motifs is 1. The highest BCUT2D eigenvalue weighted by Crippen LogP contribution is 2.24. The Kier molecular flexibility index (Phi) is 4.83. The molecule has 1 aromatic carbocycles. The molecule has 2 aromatic rings. The van der Waals surface area contributed by atoms with E-state index < -0.39 is 5.97 Å². The smallest absolute Gasteiger partial charge is 0.303 e. The van der Waals surface area contributed by atoms with Crippen LogP contribution >= 0.6 is 0 Å². The maximum absolute atomic E-state index is 13.2. The van der Waals surface area contributed by atoms with Crippen molar-refractivity contribution < 1.29 is 19.1 Å². The van der Waals surface area contributed by atoms with Crippen LogP contribution in [0.1, 0.15) is 31.2 Å². The summed E-state index contributed by atoms with van der Waals surface area (Å²) in [5, 5.41) is 9.66. The van der Waals surface area contributed by atoms with Crippen LogP contribution in [-0.2, 0) is 16.0 Å². The van der Waals surface area contributed by atoms with Crippen molar-refractivity contribution in [2.24, 2.45) is 5.92 Å². The number of H-pyrrole nitrogens is 1. The number of rotatable bonds is 5. The summed E-state index contributed by atoms with van der Waals surface area (Å²) in [5.41, 5.74) is 1.55. The Morgan fingerprint density at radius 2 is 2.21 bits per heavy atom. The van der Waals surface area contributed by atoms with Crippen LogP contribution in [0, 0.1) is 11.7 Å². The van der Waals surface area contributed by atoms with Gasteiger partial charge in [-0.15, -0.1) is 0 Å². The molecule has 1 unspecified atom stereocenters. The monoisotopic (exact) mass is 332 g/mol. The highest BCUT2D eigenvalue weighted by Gasteiger charge is 2.24. The molecule has 2 heterocycles. The van der Waals surface area contributed by atoms with Crippen LogP contribution in [0.3, 0.4) is 0 Å². The van der Waals surface area contributed by atoms with Crippen LogP contribution in [0.5, 0.6) is 0 Å². The van der Waals surface area contributed by atoms with Gasteiger partial charge >= 0.3 is 5.97 Å². The van der Waals surface area contributed by atoms with E-state index in [1.54, 1.807) is 12.3 Å². The van der Waals surface area contributed by atoms with Gasteiger partial charge in [-0.3, -0.25) is 9.59 Å². The standard InChI is InChI=1S/C18H21FN2O3/c19-14-4-5-15-13(10-20-16(15)9-14)8-17(22)21-7-1-2-12(11-21)3-6-18(23)24/h4-5,9-10,12,20H,1-3,6-8,11H2,(H,23,24). The van der Waals surface area contributed by atoms with Gasteiger partial charge in [0.1, 0.15) is 5.82 Å². The Labute approximate surface area is 139 Å². The SMILES string of the molecule is O=C(O)CCC1CCCN(C(=O)Cc2c[nH]c3cc(F)ccc23)C1. The Hall–Kier alpha value is -2.37. The number of hydrogen-bond acceptors (Lipinski definition) is 2. The van der Waals surface area contributed by atoms with E-state index in [2.05, 4.69) is 4.98 Å². The summed E-state index contributed by atoms with van der Waals surface area (Å²) in [7, 11) is 0. The van der Waals surface area contributed by atoms with Crippen LogP contribution in [0.2, 0.25) is 0 Å². The second kappa shape index (κ2) is 7.03. The summed E-state index contributed by atoms with van der Waals surface area (Å²) < 4.78 is 13.2. The predicted molar refractivity (Wildman–Crippen MR) is 88.1 cm³/mol. The Balaban J connectivity index is 1.64. The fraction of sp³-hybridized carbons (Fsp3) is 0.444. The lowest BCUT2D eigenvalue weighted by molar-refractivity contribution is -0.137. The number of carbonyl (C=O) groups is 2. The highest BCUT2D eigenvalue weighted by atomic mass is 19.1. The molecule has 128 valence electrons. The molecule has 24 heavy (non-hydrogen) atoms. The van der Waals surface area contributed by atoms with Gasteiger partial charge in [0.15, 0.2) is 0 Å². The van der Waals surface area contributed by atoms with Crippen molar-refractivity contribution in [2.75, 3.05) is 13.1 Å². The van der Waals surface area contributed by atoms with Gasteiger partial charge in [0.25, 0.3) is 0 Å². The fourth-order valence-electron chi connectivity index (χ4n) is 3.43. The molecule has 1 aliphatic rings. The number of aliphatic carboxylic acids is 1. The van der Waals surface area contributed by atoms with Gasteiger partial charge < -0.3 is 15.0 Å². The molecular formula is C18H21FN2O3. The summed E-state index contributed by atoms with van der Waals surface area (Å²) in [4.78, 5) is 28.1. The van der Waals surface area contributed by atoms with Gasteiger partial charge in [-0.1, -0.05) is 0 Å². The maximum atomic E-state index is 13.2. The van der Waals surface area contributed by atoms with Gasteiger partial charge in [-0.2, -0.15) is 0 Å². The zero-order valence-corrected chi connectivity index (χ0v) is 13.4. The minimum Gasteiger partial charge on any atom is -0.481 e. The number of nitrogens with zero attached hydrogens (tertiary/aromatic N) is 1. The molecule has 2 N–H and O–H groups in total. The molecule has 1 saturated heterocycles. The highest BCUT2D eigenvalue weighted by molar-refractivity contribution is 5.89. The average Bonchev–Trinajstić information content (AvgIpc) is 2.95. The molecule has 0 aliphatic carbocycles. The van der Waals surface area contributed by atoms with Crippen LogP contribution < -0.4 is 0 Å². The number of carboxylic acid groups (broad SMARTS) is 1. The molecule has 0 spiro atoms. The van der Waals surface area contributed by atoms with Crippen molar-refractivity contribution in [1.29, 1.82) is 0 Å². The van der Waals surface area contributed by atoms with E-state index in [1.165, 1.54) is 12.1 Å². The van der Waals surface area contributed by atoms with Crippen LogP contribution in [0.15, 0.2) is 24.4 Å². The first kappa shape index (κ1) is 16.5. The van der Waals surface area contributed by atoms with Crippen molar-refractivity contribution in [3.8, 4) is 0 Å². The molecule has 0 radical (unpaired) electrons. The number of piperidine rings is 1. The van der Waals surface area contributed by atoms with Crippen molar-refractivity contribution in [2.45, 2.75) is 32.1 Å². The third-order valence-electron chi connectivity index (χ3n) is 4.71. The molecule has 5 nitrogen and oxygen atoms in total. The maximum Gasteiger partial charge on any atom is 0.303 e. The summed E-state index contributed by atoms with van der Waals surface area (Å²) in [6, 6.07) is 4.51. The number of amides is 1. The molecule has 1 fully saturated rings. The average molecular weight is 332 g/mol. The molecule has 1 amide bonds. The summed E-state index contributed by atoms with van der Waals surface area (Å²) in [6.45, 7) is 1.35. The van der Waals surface area contributed by atoms with Crippen molar-refractivity contribution in [3.05, 3.63) is 35.8 Å². The quantitative estimate of drug-likeness (QED) is 0.884. The minimum atomic E-state index is -0.788. The normalized spacial score (nSPS) is 18.0. The number of benzene rings is 1. The number of hydrogen-bond donors (Lipinski definition) is 2. The Morgan fingerprint density at radius 3 is 3.00 bits per heavy atom. The molecule has 1 atom stereocenters. The summed E-state index contributed by atoms with van der Waals surface area (Å²) >= 11 is 0. The van der Waals surface area contributed by atoms with E-state index in [0.29, 0.717) is 18.5 Å². The Bertz CT molecular complexity index is 756. The van der Waals surface area contributed by atoms with Crippen LogP contribution in [-0.4, -0.2) is 40.0 Å². The predicted octanol–water partition coefficient (Wildman–Crippen LogP) is 2.95. The molecule has 0 bridgehead atoms. The first-order chi connectivity index (χ1) is 11.5. The zero-order chi connectivity index (χ0) is 17.1. The van der Waals surface area contributed by atoms with Gasteiger partial charge in [-0.05, 0) is 48.9 Å². The van der Waals surface area contributed by atoms with Crippen LogP contribution in [0.4, 0.5) is 4.39 Å². The number of likely N-dealkylation sites (tertiary alicyclic amines) is 1. The summed E-state index contributed by atoms with van der Waals surface area (Å²) in [6.07, 6.45) is 4.69. The van der Waals surface area contributed by atoms with Gasteiger partial charge in [0.05, 0.1) is 6.42 Å². The number of carboxylic acids is 1. The molecule has 1 aromatic heterocycles. The number of carbonyl (C=O) groups excluding carboxylic acids is 1. The van der Waals surface area contributed by atoms with Crippen molar-refractivity contribution in [3.63, 3.8) is 0 Å². The molecule has 1 aliphatic heterocycles. The number of nitrogens with one attached hydrogen (secondary N) is 1. The first-order valence-electron chi connectivity index (χ1n) is 8.28. The number of aromatic nitrogens is 1. The fourth-order valence-corrected chi connectivity index (χ4v) is 3.43. The molecule has 6 heteroatoms. The van der Waals surface area contributed by atoms with E-state index in [1.807, 2.05) is 4.90 Å². The van der Waals surface area contributed by atoms with Gasteiger partial charge in [-0.25, -0.2) is 4.39 Å². The van der Waals surface area contributed by atoms with Crippen molar-refractivity contribution >= 4 is 22.8 Å². The largest absolute Gasteiger partial charge is 0.481 e. The lowest BCUT2D eigenvalue weighted by Gasteiger charge is -2.32. The molecular weight excluding hydrogens is 311 g/mol. The lowest BCUT2D eigenvalue weighted by Crippen LogP contribution is -2.40. The third kappa shape index (κ3) is 3.75. The lowest BCUT2D eigenvalue weighted by atomic mass is 9.93. The number of halogens is 1. The van der Waals surface area contributed by atoms with E-state index in [-0.39, 0.29) is 30.5 Å². The van der Waals surface area contributed by atoms with E-state index in [4.69, 9.17) is 5.11 Å². The van der Waals surface area contributed by atoms with E-state index in [0.717, 1.165) is 30.3 Å². The summed E-state index contributed by atoms with van der Waals surface area (Å²) in [5.74, 6) is -0.792. The van der Waals surface area contributed by atoms with E-state index in [9.17, 15) is 14.0 Å². The second-order valence-corrected chi connectivity index (χ2v) is 6.46. The number of aromatic amines is 1. The van der Waals surface area contributed by atoms with Gasteiger partial charge in [0, 0.05) is 36.6 Å². The second-order valence-electron chi connectivity index (χ2n) is 6.46. The van der Waals surface area contributed by atoms with Crippen molar-refractivity contribution in [1.82, 2.24) is 9.88 Å². The zero-order valence-electron chi connectivity index (χ0n) is 13.4. The third-order valence-corrected chi connectivity index (χ3v) is 4.71. The Morgan fingerprint density at radius 1 is 1.38 bits per heavy atom. The minimum absolute atomic E-state index is 0.0419. The first-order valence-corrected chi connectivity index (χ1v) is 8.28. The topological polar surface area (TPSA) is 73.4 Å².